The lowest BCUT2D eigenvalue weighted by atomic mass is 9.99. The van der Waals surface area contributed by atoms with Crippen molar-refractivity contribution < 1.29 is 9.53 Å². The van der Waals surface area contributed by atoms with E-state index in [2.05, 4.69) is 26.0 Å². The largest absolute Gasteiger partial charge is 0.457 e. The van der Waals surface area contributed by atoms with Gasteiger partial charge in [0.05, 0.1) is 0 Å². The van der Waals surface area contributed by atoms with Gasteiger partial charge in [0.1, 0.15) is 17.8 Å². The maximum absolute atomic E-state index is 10.6. The van der Waals surface area contributed by atoms with Gasteiger partial charge in [-0.15, -0.1) is 0 Å². The summed E-state index contributed by atoms with van der Waals surface area (Å²) in [5.41, 5.74) is 1.98. The zero-order valence-corrected chi connectivity index (χ0v) is 11.3. The molecule has 0 N–H and O–H groups in total. The van der Waals surface area contributed by atoms with Gasteiger partial charge in [0.15, 0.2) is 0 Å². The van der Waals surface area contributed by atoms with Crippen LogP contribution in [-0.4, -0.2) is 6.29 Å². The van der Waals surface area contributed by atoms with E-state index >= 15 is 0 Å². The molecule has 0 spiro atoms. The summed E-state index contributed by atoms with van der Waals surface area (Å²) in [5.74, 6) is 2.12. The molecule has 2 heteroatoms. The molecule has 19 heavy (non-hydrogen) atoms. The van der Waals surface area contributed by atoms with E-state index in [9.17, 15) is 4.79 Å². The Morgan fingerprint density at radius 1 is 1.00 bits per heavy atom. The Hall–Kier alpha value is -2.09. The van der Waals surface area contributed by atoms with Crippen LogP contribution in [0.3, 0.4) is 0 Å². The van der Waals surface area contributed by atoms with Gasteiger partial charge in [0.25, 0.3) is 0 Å². The number of carbonyl (C=O) groups is 1. The second-order valence-corrected chi connectivity index (χ2v) is 4.67. The maximum Gasteiger partial charge on any atom is 0.150 e. The van der Waals surface area contributed by atoms with E-state index in [0.717, 1.165) is 24.2 Å². The van der Waals surface area contributed by atoms with Crippen LogP contribution < -0.4 is 4.74 Å². The van der Waals surface area contributed by atoms with E-state index < -0.39 is 0 Å². The van der Waals surface area contributed by atoms with E-state index in [1.54, 1.807) is 24.3 Å². The van der Waals surface area contributed by atoms with Crippen molar-refractivity contribution in [2.24, 2.45) is 0 Å². The van der Waals surface area contributed by atoms with Crippen molar-refractivity contribution in [3.8, 4) is 11.5 Å². The summed E-state index contributed by atoms with van der Waals surface area (Å²) in [5, 5.41) is 0. The van der Waals surface area contributed by atoms with Crippen molar-refractivity contribution in [1.82, 2.24) is 0 Å². The Balaban J connectivity index is 2.08. The minimum absolute atomic E-state index is 0.570. The van der Waals surface area contributed by atoms with Gasteiger partial charge in [-0.2, -0.15) is 0 Å². The number of rotatable bonds is 5. The zero-order valence-electron chi connectivity index (χ0n) is 11.3. The summed E-state index contributed by atoms with van der Waals surface area (Å²) in [7, 11) is 0. The smallest absolute Gasteiger partial charge is 0.150 e. The van der Waals surface area contributed by atoms with Crippen LogP contribution in [0.15, 0.2) is 48.5 Å². The van der Waals surface area contributed by atoms with Crippen molar-refractivity contribution in [2.45, 2.75) is 26.2 Å². The van der Waals surface area contributed by atoms with Gasteiger partial charge >= 0.3 is 0 Å². The van der Waals surface area contributed by atoms with Crippen LogP contribution in [0.25, 0.3) is 0 Å². The molecule has 0 saturated carbocycles. The summed E-state index contributed by atoms with van der Waals surface area (Å²) in [6.45, 7) is 4.40. The number of benzene rings is 2. The Labute approximate surface area is 114 Å². The third kappa shape index (κ3) is 3.44. The number of hydrogen-bond acceptors (Lipinski definition) is 2. The van der Waals surface area contributed by atoms with Crippen LogP contribution in [0.4, 0.5) is 0 Å². The van der Waals surface area contributed by atoms with Gasteiger partial charge in [-0.25, -0.2) is 0 Å². The normalized spacial score (nSPS) is 11.9. The average molecular weight is 254 g/mol. The quantitative estimate of drug-likeness (QED) is 0.716. The minimum atomic E-state index is 0.570. The van der Waals surface area contributed by atoms with Crippen LogP contribution in [0.1, 0.15) is 42.1 Å². The summed E-state index contributed by atoms with van der Waals surface area (Å²) in [4.78, 5) is 10.6. The topological polar surface area (TPSA) is 26.3 Å². The average Bonchev–Trinajstić information content (AvgIpc) is 2.48. The second kappa shape index (κ2) is 6.19. The molecule has 98 valence electrons. The van der Waals surface area contributed by atoms with Crippen LogP contribution >= 0.6 is 0 Å². The van der Waals surface area contributed by atoms with Crippen LogP contribution in [-0.2, 0) is 0 Å². The van der Waals surface area contributed by atoms with Gasteiger partial charge in [0, 0.05) is 5.56 Å². The third-order valence-corrected chi connectivity index (χ3v) is 3.31. The first-order chi connectivity index (χ1) is 9.22. The Bertz CT molecular complexity index is 526. The Morgan fingerprint density at radius 2 is 1.53 bits per heavy atom. The molecule has 2 aromatic carbocycles. The molecule has 0 aliphatic heterocycles. The Morgan fingerprint density at radius 3 is 2.00 bits per heavy atom. The highest BCUT2D eigenvalue weighted by Crippen LogP contribution is 2.25. The van der Waals surface area contributed by atoms with Gasteiger partial charge in [-0.1, -0.05) is 26.0 Å². The van der Waals surface area contributed by atoms with Gasteiger partial charge in [-0.05, 0) is 54.3 Å². The molecule has 0 aliphatic rings. The highest BCUT2D eigenvalue weighted by atomic mass is 16.5. The Kier molecular flexibility index (Phi) is 4.35. The molecule has 0 aliphatic carbocycles. The van der Waals surface area contributed by atoms with E-state index in [1.165, 1.54) is 5.56 Å². The SMILES string of the molecule is CCC(C)c1ccc(Oc2ccc(C=O)cc2)cc1. The van der Waals surface area contributed by atoms with Crippen molar-refractivity contribution in [3.63, 3.8) is 0 Å². The molecular weight excluding hydrogens is 236 g/mol. The molecule has 0 fully saturated rings. The van der Waals surface area contributed by atoms with E-state index in [-0.39, 0.29) is 0 Å². The standard InChI is InChI=1S/C17H18O2/c1-3-13(2)15-6-10-17(11-7-15)19-16-8-4-14(12-18)5-9-16/h4-13H,3H2,1-2H3. The molecule has 0 amide bonds. The third-order valence-electron chi connectivity index (χ3n) is 3.31. The fraction of sp³-hybridized carbons (Fsp3) is 0.235. The predicted molar refractivity (Wildman–Crippen MR) is 77.1 cm³/mol. The van der Waals surface area contributed by atoms with E-state index in [1.807, 2.05) is 12.1 Å². The molecule has 0 bridgehead atoms. The summed E-state index contributed by atoms with van der Waals surface area (Å²) >= 11 is 0. The second-order valence-electron chi connectivity index (χ2n) is 4.67. The van der Waals surface area contributed by atoms with Crippen molar-refractivity contribution in [2.75, 3.05) is 0 Å². The molecule has 1 unspecified atom stereocenters. The summed E-state index contributed by atoms with van der Waals surface area (Å²) in [6, 6.07) is 15.3. The number of ether oxygens (including phenoxy) is 1. The lowest BCUT2D eigenvalue weighted by Crippen LogP contribution is -1.91. The first-order valence-electron chi connectivity index (χ1n) is 6.56. The van der Waals surface area contributed by atoms with E-state index in [0.29, 0.717) is 11.5 Å². The fourth-order valence-electron chi connectivity index (χ4n) is 1.85. The molecule has 2 nitrogen and oxygen atoms in total. The maximum atomic E-state index is 10.6. The van der Waals surface area contributed by atoms with Crippen LogP contribution in [0, 0.1) is 0 Å². The number of aldehydes is 1. The molecule has 1 atom stereocenters. The lowest BCUT2D eigenvalue weighted by Gasteiger charge is -2.10. The van der Waals surface area contributed by atoms with Crippen molar-refractivity contribution >= 4 is 6.29 Å². The highest BCUT2D eigenvalue weighted by molar-refractivity contribution is 5.74. The van der Waals surface area contributed by atoms with Gasteiger partial charge < -0.3 is 4.74 Å². The summed E-state index contributed by atoms with van der Waals surface area (Å²) in [6.07, 6.45) is 1.96. The van der Waals surface area contributed by atoms with E-state index in [4.69, 9.17) is 4.74 Å². The molecule has 0 heterocycles. The molecule has 2 rings (SSSR count). The predicted octanol–water partition coefficient (Wildman–Crippen LogP) is 4.80. The van der Waals surface area contributed by atoms with Crippen LogP contribution in [0.2, 0.25) is 0 Å². The van der Waals surface area contributed by atoms with Crippen molar-refractivity contribution in [3.05, 3.63) is 59.7 Å². The fourth-order valence-corrected chi connectivity index (χ4v) is 1.85. The molecule has 0 aromatic heterocycles. The molecule has 0 saturated heterocycles. The number of hydrogen-bond donors (Lipinski definition) is 0. The van der Waals surface area contributed by atoms with Gasteiger partial charge in [-0.3, -0.25) is 4.79 Å². The minimum Gasteiger partial charge on any atom is -0.457 e. The highest BCUT2D eigenvalue weighted by Gasteiger charge is 2.03. The monoisotopic (exact) mass is 254 g/mol. The van der Waals surface area contributed by atoms with Crippen LogP contribution in [0.5, 0.6) is 11.5 Å². The lowest BCUT2D eigenvalue weighted by molar-refractivity contribution is 0.112. The molecule has 0 radical (unpaired) electrons. The number of carbonyl (C=O) groups excluding carboxylic acids is 1. The first-order valence-corrected chi connectivity index (χ1v) is 6.56. The molecule has 2 aromatic rings. The first kappa shape index (κ1) is 13.3. The summed E-state index contributed by atoms with van der Waals surface area (Å²) < 4.78 is 5.73. The van der Waals surface area contributed by atoms with Gasteiger partial charge in [0.2, 0.25) is 0 Å². The molecular formula is C17H18O2. The van der Waals surface area contributed by atoms with Crippen molar-refractivity contribution in [1.29, 1.82) is 0 Å². The zero-order chi connectivity index (χ0) is 13.7.